The third-order valence-electron chi connectivity index (χ3n) is 4.22. The molecule has 0 radical (unpaired) electrons. The first-order valence-corrected chi connectivity index (χ1v) is 7.12. The molecule has 1 unspecified atom stereocenters. The van der Waals surface area contributed by atoms with Crippen molar-refractivity contribution in [2.45, 2.75) is 52.6 Å². The standard InChI is InChI=1S/C16H26N2/c1-12-8-13(2)16(14(3)9-12)11-18-7-5-4-6-15(18)10-17/h8-9,15H,4-7,10-11,17H2,1-3H3. The zero-order chi connectivity index (χ0) is 13.1. The van der Waals surface area contributed by atoms with Crippen LogP contribution in [0.15, 0.2) is 12.1 Å². The van der Waals surface area contributed by atoms with Gasteiger partial charge in [0, 0.05) is 19.1 Å². The quantitative estimate of drug-likeness (QED) is 0.888. The van der Waals surface area contributed by atoms with Crippen molar-refractivity contribution < 1.29 is 0 Å². The summed E-state index contributed by atoms with van der Waals surface area (Å²) in [5.74, 6) is 0. The molecule has 2 heteroatoms. The van der Waals surface area contributed by atoms with Gasteiger partial charge in [0.05, 0.1) is 0 Å². The molecule has 0 bridgehead atoms. The lowest BCUT2D eigenvalue weighted by Crippen LogP contribution is -2.43. The summed E-state index contributed by atoms with van der Waals surface area (Å²) in [5.41, 5.74) is 11.6. The SMILES string of the molecule is Cc1cc(C)c(CN2CCCCC2CN)c(C)c1. The van der Waals surface area contributed by atoms with E-state index >= 15 is 0 Å². The molecule has 0 saturated carbocycles. The van der Waals surface area contributed by atoms with E-state index in [1.54, 1.807) is 0 Å². The van der Waals surface area contributed by atoms with Crippen molar-refractivity contribution in [3.05, 3.63) is 34.4 Å². The predicted molar refractivity (Wildman–Crippen MR) is 77.8 cm³/mol. The van der Waals surface area contributed by atoms with Gasteiger partial charge in [0.2, 0.25) is 0 Å². The number of nitrogens with zero attached hydrogens (tertiary/aromatic N) is 1. The molecule has 1 aliphatic rings. The Labute approximate surface area is 111 Å². The summed E-state index contributed by atoms with van der Waals surface area (Å²) in [6.07, 6.45) is 3.92. The molecule has 0 spiro atoms. The van der Waals surface area contributed by atoms with Crippen molar-refractivity contribution in [3.63, 3.8) is 0 Å². The second kappa shape index (κ2) is 5.85. The Morgan fingerprint density at radius 3 is 2.44 bits per heavy atom. The molecular weight excluding hydrogens is 220 g/mol. The Morgan fingerprint density at radius 1 is 1.17 bits per heavy atom. The van der Waals surface area contributed by atoms with Gasteiger partial charge in [-0.25, -0.2) is 0 Å². The van der Waals surface area contributed by atoms with Crippen LogP contribution in [0.25, 0.3) is 0 Å². The van der Waals surface area contributed by atoms with Gasteiger partial charge in [-0.1, -0.05) is 24.1 Å². The van der Waals surface area contributed by atoms with E-state index in [2.05, 4.69) is 37.8 Å². The monoisotopic (exact) mass is 246 g/mol. The zero-order valence-electron chi connectivity index (χ0n) is 12.0. The number of hydrogen-bond donors (Lipinski definition) is 1. The lowest BCUT2D eigenvalue weighted by Gasteiger charge is -2.35. The average molecular weight is 246 g/mol. The van der Waals surface area contributed by atoms with Crippen molar-refractivity contribution in [2.75, 3.05) is 13.1 Å². The molecule has 1 fully saturated rings. The zero-order valence-corrected chi connectivity index (χ0v) is 12.0. The first-order valence-electron chi connectivity index (χ1n) is 7.12. The molecule has 1 aromatic carbocycles. The van der Waals surface area contributed by atoms with Crippen LogP contribution < -0.4 is 5.73 Å². The summed E-state index contributed by atoms with van der Waals surface area (Å²) in [5, 5.41) is 0. The number of likely N-dealkylation sites (tertiary alicyclic amines) is 1. The average Bonchev–Trinajstić information content (AvgIpc) is 2.34. The van der Waals surface area contributed by atoms with Gasteiger partial charge in [-0.05, 0) is 56.8 Å². The van der Waals surface area contributed by atoms with Gasteiger partial charge in [0.25, 0.3) is 0 Å². The molecule has 100 valence electrons. The molecule has 2 nitrogen and oxygen atoms in total. The maximum atomic E-state index is 5.91. The summed E-state index contributed by atoms with van der Waals surface area (Å²) < 4.78 is 0. The van der Waals surface area contributed by atoms with Crippen molar-refractivity contribution in [3.8, 4) is 0 Å². The Kier molecular flexibility index (Phi) is 4.41. The summed E-state index contributed by atoms with van der Waals surface area (Å²) in [4.78, 5) is 2.58. The minimum absolute atomic E-state index is 0.582. The van der Waals surface area contributed by atoms with Crippen LogP contribution in [-0.4, -0.2) is 24.0 Å². The molecule has 1 aromatic rings. The van der Waals surface area contributed by atoms with Crippen molar-refractivity contribution >= 4 is 0 Å². The van der Waals surface area contributed by atoms with Crippen LogP contribution >= 0.6 is 0 Å². The normalized spacial score (nSPS) is 21.2. The minimum Gasteiger partial charge on any atom is -0.329 e. The lowest BCUT2D eigenvalue weighted by atomic mass is 9.96. The first kappa shape index (κ1) is 13.6. The van der Waals surface area contributed by atoms with Crippen LogP contribution in [0.5, 0.6) is 0 Å². The Bertz CT molecular complexity index is 389. The highest BCUT2D eigenvalue weighted by Crippen LogP contribution is 2.23. The first-order chi connectivity index (χ1) is 8.61. The number of nitrogens with two attached hydrogens (primary N) is 1. The number of piperidine rings is 1. The molecule has 0 aliphatic carbocycles. The van der Waals surface area contributed by atoms with Gasteiger partial charge in [-0.3, -0.25) is 4.90 Å². The Hall–Kier alpha value is -0.860. The minimum atomic E-state index is 0.582. The van der Waals surface area contributed by atoms with Gasteiger partial charge in [-0.15, -0.1) is 0 Å². The van der Waals surface area contributed by atoms with Gasteiger partial charge < -0.3 is 5.73 Å². The number of aryl methyl sites for hydroxylation is 3. The highest BCUT2D eigenvalue weighted by atomic mass is 15.2. The number of benzene rings is 1. The van der Waals surface area contributed by atoms with Gasteiger partial charge >= 0.3 is 0 Å². The van der Waals surface area contributed by atoms with Gasteiger partial charge in [-0.2, -0.15) is 0 Å². The van der Waals surface area contributed by atoms with Crippen molar-refractivity contribution in [2.24, 2.45) is 5.73 Å². The van der Waals surface area contributed by atoms with Gasteiger partial charge in [0.15, 0.2) is 0 Å². The fourth-order valence-electron chi connectivity index (χ4n) is 3.20. The summed E-state index contributed by atoms with van der Waals surface area (Å²) in [6.45, 7) is 9.71. The van der Waals surface area contributed by atoms with E-state index in [0.717, 1.165) is 13.1 Å². The summed E-state index contributed by atoms with van der Waals surface area (Å²) in [6, 6.07) is 5.17. The van der Waals surface area contributed by atoms with Crippen molar-refractivity contribution in [1.29, 1.82) is 0 Å². The molecule has 1 heterocycles. The third-order valence-corrected chi connectivity index (χ3v) is 4.22. The lowest BCUT2D eigenvalue weighted by molar-refractivity contribution is 0.144. The topological polar surface area (TPSA) is 29.3 Å². The highest BCUT2D eigenvalue weighted by Gasteiger charge is 2.22. The van der Waals surface area contributed by atoms with E-state index in [0.29, 0.717) is 6.04 Å². The third kappa shape index (κ3) is 2.93. The Balaban J connectivity index is 2.17. The molecule has 0 amide bonds. The highest BCUT2D eigenvalue weighted by molar-refractivity contribution is 5.37. The van der Waals surface area contributed by atoms with Crippen LogP contribution in [0.1, 0.15) is 41.5 Å². The number of hydrogen-bond acceptors (Lipinski definition) is 2. The van der Waals surface area contributed by atoms with E-state index in [1.807, 2.05) is 0 Å². The number of rotatable bonds is 3. The second-order valence-corrected chi connectivity index (χ2v) is 5.73. The summed E-state index contributed by atoms with van der Waals surface area (Å²) >= 11 is 0. The van der Waals surface area contributed by atoms with Crippen LogP contribution in [-0.2, 0) is 6.54 Å². The van der Waals surface area contributed by atoms with E-state index in [-0.39, 0.29) is 0 Å². The van der Waals surface area contributed by atoms with E-state index in [9.17, 15) is 0 Å². The maximum Gasteiger partial charge on any atom is 0.0242 e. The molecular formula is C16H26N2. The predicted octanol–water partition coefficient (Wildman–Crippen LogP) is 2.93. The van der Waals surface area contributed by atoms with Crippen LogP contribution in [0, 0.1) is 20.8 Å². The Morgan fingerprint density at radius 2 is 1.83 bits per heavy atom. The van der Waals surface area contributed by atoms with E-state index < -0.39 is 0 Å². The second-order valence-electron chi connectivity index (χ2n) is 5.73. The fourth-order valence-corrected chi connectivity index (χ4v) is 3.20. The molecule has 1 saturated heterocycles. The van der Waals surface area contributed by atoms with Crippen LogP contribution in [0.2, 0.25) is 0 Å². The fraction of sp³-hybridized carbons (Fsp3) is 0.625. The summed E-state index contributed by atoms with van der Waals surface area (Å²) in [7, 11) is 0. The molecule has 2 N–H and O–H groups in total. The van der Waals surface area contributed by atoms with Crippen LogP contribution in [0.4, 0.5) is 0 Å². The van der Waals surface area contributed by atoms with E-state index in [1.165, 1.54) is 48.1 Å². The van der Waals surface area contributed by atoms with Crippen LogP contribution in [0.3, 0.4) is 0 Å². The molecule has 18 heavy (non-hydrogen) atoms. The molecule has 2 rings (SSSR count). The molecule has 1 aliphatic heterocycles. The molecule has 1 atom stereocenters. The van der Waals surface area contributed by atoms with E-state index in [4.69, 9.17) is 5.73 Å². The maximum absolute atomic E-state index is 5.91. The largest absolute Gasteiger partial charge is 0.329 e. The van der Waals surface area contributed by atoms with Gasteiger partial charge in [0.1, 0.15) is 0 Å². The van der Waals surface area contributed by atoms with Crippen molar-refractivity contribution in [1.82, 2.24) is 4.90 Å². The molecule has 0 aromatic heterocycles. The smallest absolute Gasteiger partial charge is 0.0242 e.